The van der Waals surface area contributed by atoms with E-state index in [0.717, 1.165) is 15.7 Å². The molecule has 0 saturated carbocycles. The topological polar surface area (TPSA) is 55.2 Å². The predicted octanol–water partition coefficient (Wildman–Crippen LogP) is 5.39. The van der Waals surface area contributed by atoms with E-state index in [1.165, 1.54) is 12.1 Å². The van der Waals surface area contributed by atoms with E-state index in [1.54, 1.807) is 6.07 Å². The van der Waals surface area contributed by atoms with Gasteiger partial charge >= 0.3 is 0 Å². The van der Waals surface area contributed by atoms with Crippen molar-refractivity contribution in [3.8, 4) is 0 Å². The Kier molecular flexibility index (Phi) is 5.01. The summed E-state index contributed by atoms with van der Waals surface area (Å²) in [5.41, 5.74) is 1.63. The summed E-state index contributed by atoms with van der Waals surface area (Å²) >= 11 is 12.7. The second-order valence-corrected chi connectivity index (χ2v) is 6.29. The Bertz CT molecular complexity index is 665. The molecule has 2 aromatic rings. The molecule has 0 radical (unpaired) electrons. The highest BCUT2D eigenvalue weighted by atomic mass is 79.9. The maximum Gasteiger partial charge on any atom is 0.270 e. The van der Waals surface area contributed by atoms with Crippen LogP contribution in [0.4, 0.5) is 11.4 Å². The number of rotatable bonds is 4. The normalized spacial score (nSPS) is 10.3. The second kappa shape index (κ2) is 6.56. The van der Waals surface area contributed by atoms with Gasteiger partial charge in [-0.05, 0) is 29.8 Å². The molecule has 2 rings (SSSR count). The number of nitro benzene ring substituents is 1. The molecule has 2 aromatic carbocycles. The maximum absolute atomic E-state index is 10.8. The van der Waals surface area contributed by atoms with E-state index in [4.69, 9.17) is 11.6 Å². The van der Waals surface area contributed by atoms with Crippen molar-refractivity contribution in [3.05, 3.63) is 66.0 Å². The van der Waals surface area contributed by atoms with E-state index in [0.29, 0.717) is 16.0 Å². The third kappa shape index (κ3) is 3.94. The van der Waals surface area contributed by atoms with Crippen molar-refractivity contribution in [3.63, 3.8) is 0 Å². The lowest BCUT2D eigenvalue weighted by atomic mass is 10.2. The van der Waals surface area contributed by atoms with E-state index >= 15 is 0 Å². The van der Waals surface area contributed by atoms with Crippen LogP contribution in [0.15, 0.2) is 45.3 Å². The number of benzene rings is 2. The van der Waals surface area contributed by atoms with Gasteiger partial charge in [0.15, 0.2) is 0 Å². The van der Waals surface area contributed by atoms with Crippen LogP contribution in [0.1, 0.15) is 5.56 Å². The van der Waals surface area contributed by atoms with Crippen LogP contribution in [-0.4, -0.2) is 4.92 Å². The van der Waals surface area contributed by atoms with E-state index in [2.05, 4.69) is 37.2 Å². The number of nitro groups is 1. The minimum Gasteiger partial charge on any atom is -0.380 e. The average molecular weight is 420 g/mol. The molecule has 0 fully saturated rings. The number of halogens is 3. The number of hydrogen-bond donors (Lipinski definition) is 1. The zero-order valence-electron chi connectivity index (χ0n) is 10.1. The molecule has 0 unspecified atom stereocenters. The summed E-state index contributed by atoms with van der Waals surface area (Å²) < 4.78 is 1.57. The van der Waals surface area contributed by atoms with Crippen molar-refractivity contribution < 1.29 is 4.92 Å². The van der Waals surface area contributed by atoms with Gasteiger partial charge in [0.05, 0.1) is 15.6 Å². The molecule has 0 amide bonds. The van der Waals surface area contributed by atoms with Gasteiger partial charge in [-0.1, -0.05) is 43.5 Å². The number of hydrogen-bond acceptors (Lipinski definition) is 3. The molecule has 0 aromatic heterocycles. The van der Waals surface area contributed by atoms with Gasteiger partial charge in [-0.25, -0.2) is 0 Å². The molecular formula is C13H9Br2ClN2O2. The van der Waals surface area contributed by atoms with Crippen molar-refractivity contribution in [1.82, 2.24) is 0 Å². The lowest BCUT2D eigenvalue weighted by Gasteiger charge is -2.09. The SMILES string of the molecule is O=[N+]([O-])c1cc(Br)cc(CNc2ccc(Br)cc2Cl)c1. The molecule has 0 aliphatic heterocycles. The first-order valence-electron chi connectivity index (χ1n) is 5.58. The highest BCUT2D eigenvalue weighted by Gasteiger charge is 2.09. The Morgan fingerprint density at radius 1 is 1.15 bits per heavy atom. The number of non-ortho nitro benzene ring substituents is 1. The Balaban J connectivity index is 2.16. The minimum absolute atomic E-state index is 0.0538. The zero-order valence-corrected chi connectivity index (χ0v) is 14.0. The molecule has 7 heteroatoms. The quantitative estimate of drug-likeness (QED) is 0.533. The fourth-order valence-corrected chi connectivity index (χ4v) is 2.94. The van der Waals surface area contributed by atoms with Crippen LogP contribution in [0.25, 0.3) is 0 Å². The van der Waals surface area contributed by atoms with Crippen molar-refractivity contribution in [2.24, 2.45) is 0 Å². The monoisotopic (exact) mass is 418 g/mol. The third-order valence-corrected chi connectivity index (χ3v) is 3.83. The van der Waals surface area contributed by atoms with Crippen molar-refractivity contribution >= 4 is 54.8 Å². The summed E-state index contributed by atoms with van der Waals surface area (Å²) in [7, 11) is 0. The highest BCUT2D eigenvalue weighted by Crippen LogP contribution is 2.27. The molecule has 0 atom stereocenters. The first kappa shape index (κ1) is 15.3. The Hall–Kier alpha value is -1.11. The van der Waals surface area contributed by atoms with Crippen molar-refractivity contribution in [1.29, 1.82) is 0 Å². The molecule has 20 heavy (non-hydrogen) atoms. The molecule has 0 aliphatic carbocycles. The first-order chi connectivity index (χ1) is 9.45. The van der Waals surface area contributed by atoms with E-state index in [9.17, 15) is 10.1 Å². The summed E-state index contributed by atoms with van der Waals surface area (Å²) in [6, 6.07) is 10.3. The lowest BCUT2D eigenvalue weighted by molar-refractivity contribution is -0.385. The molecule has 1 N–H and O–H groups in total. The van der Waals surface area contributed by atoms with Gasteiger partial charge in [0.2, 0.25) is 0 Å². The van der Waals surface area contributed by atoms with Crippen molar-refractivity contribution in [2.75, 3.05) is 5.32 Å². The maximum atomic E-state index is 10.8. The zero-order chi connectivity index (χ0) is 14.7. The van der Waals surface area contributed by atoms with Gasteiger partial charge in [0, 0.05) is 27.6 Å². The number of nitrogens with zero attached hydrogens (tertiary/aromatic N) is 1. The van der Waals surface area contributed by atoms with E-state index in [1.807, 2.05) is 18.2 Å². The van der Waals surface area contributed by atoms with Gasteiger partial charge in [0.25, 0.3) is 5.69 Å². The van der Waals surface area contributed by atoms with Crippen LogP contribution in [0.2, 0.25) is 5.02 Å². The highest BCUT2D eigenvalue weighted by molar-refractivity contribution is 9.10. The molecule has 0 aliphatic rings. The molecule has 0 spiro atoms. The van der Waals surface area contributed by atoms with E-state index < -0.39 is 4.92 Å². The minimum atomic E-state index is -0.416. The number of anilines is 1. The summed E-state index contributed by atoms with van der Waals surface area (Å²) in [6.45, 7) is 0.446. The largest absolute Gasteiger partial charge is 0.380 e. The first-order valence-corrected chi connectivity index (χ1v) is 7.55. The van der Waals surface area contributed by atoms with Crippen LogP contribution < -0.4 is 5.32 Å². The summed E-state index contributed by atoms with van der Waals surface area (Å²) in [6.07, 6.45) is 0. The molecule has 0 heterocycles. The van der Waals surface area contributed by atoms with Crippen LogP contribution >= 0.6 is 43.5 Å². The average Bonchev–Trinajstić information content (AvgIpc) is 2.37. The third-order valence-electron chi connectivity index (χ3n) is 2.57. The van der Waals surface area contributed by atoms with Gasteiger partial charge in [-0.15, -0.1) is 0 Å². The van der Waals surface area contributed by atoms with Gasteiger partial charge in [-0.3, -0.25) is 10.1 Å². The summed E-state index contributed by atoms with van der Waals surface area (Å²) in [5.74, 6) is 0. The number of nitrogens with one attached hydrogen (secondary N) is 1. The Morgan fingerprint density at radius 2 is 1.90 bits per heavy atom. The molecule has 104 valence electrons. The van der Waals surface area contributed by atoms with Crippen LogP contribution in [-0.2, 0) is 6.54 Å². The smallest absolute Gasteiger partial charge is 0.270 e. The van der Waals surface area contributed by atoms with Crippen LogP contribution in [0.3, 0.4) is 0 Å². The molecular weight excluding hydrogens is 411 g/mol. The fourth-order valence-electron chi connectivity index (χ4n) is 1.67. The Morgan fingerprint density at radius 3 is 2.55 bits per heavy atom. The summed E-state index contributed by atoms with van der Waals surface area (Å²) in [5, 5.41) is 14.5. The predicted molar refractivity (Wildman–Crippen MR) is 87.3 cm³/mol. The van der Waals surface area contributed by atoms with Crippen LogP contribution in [0, 0.1) is 10.1 Å². The van der Waals surface area contributed by atoms with Gasteiger partial charge < -0.3 is 5.32 Å². The molecule has 0 saturated heterocycles. The molecule has 4 nitrogen and oxygen atoms in total. The van der Waals surface area contributed by atoms with E-state index in [-0.39, 0.29) is 5.69 Å². The lowest BCUT2D eigenvalue weighted by Crippen LogP contribution is -2.01. The van der Waals surface area contributed by atoms with Crippen LogP contribution in [0.5, 0.6) is 0 Å². The van der Waals surface area contributed by atoms with Crippen molar-refractivity contribution in [2.45, 2.75) is 6.54 Å². The van der Waals surface area contributed by atoms with Gasteiger partial charge in [0.1, 0.15) is 0 Å². The second-order valence-electron chi connectivity index (χ2n) is 4.05. The Labute approximate surface area is 137 Å². The van der Waals surface area contributed by atoms with Gasteiger partial charge in [-0.2, -0.15) is 0 Å². The fraction of sp³-hybridized carbons (Fsp3) is 0.0769. The standard InChI is InChI=1S/C13H9Br2ClN2O2/c14-9-1-2-13(12(16)6-9)17-7-8-3-10(15)5-11(4-8)18(19)20/h1-6,17H,7H2. The molecule has 0 bridgehead atoms. The summed E-state index contributed by atoms with van der Waals surface area (Å²) in [4.78, 5) is 10.4.